The zero-order valence-corrected chi connectivity index (χ0v) is 17.2. The third kappa shape index (κ3) is 4.29. The van der Waals surface area contributed by atoms with Crippen molar-refractivity contribution in [1.82, 2.24) is 29.9 Å². The summed E-state index contributed by atoms with van der Waals surface area (Å²) in [5.74, 6) is 0.205. The smallest absolute Gasteiger partial charge is 0.434 e. The zero-order valence-electron chi connectivity index (χ0n) is 17.2. The largest absolute Gasteiger partial charge is 0.441 e. The standard InChI is InChI=1S/C19H19F4N7O3/c1-18(3-4-18)27-17(31)33-10-8-32-15(14(10)20)9-6-12(29-28-9)26-16-24-5-2-13-25-11(7-30(13)16)19(21,22)23/h2,5-7,10,14-15H,3-4,8H2,1H3,(H,27,31)(H2,24,26,28,29)/t10-,14-,15-/m1/s1. The number of carbonyl (C=O) groups excluding carboxylic acids is 1. The molecule has 1 aliphatic heterocycles. The molecular formula is C19H19F4N7O3. The highest BCUT2D eigenvalue weighted by Crippen LogP contribution is 2.36. The van der Waals surface area contributed by atoms with E-state index in [1.165, 1.54) is 18.3 Å². The maximum Gasteiger partial charge on any atom is 0.434 e. The number of hydrogen-bond acceptors (Lipinski definition) is 7. The van der Waals surface area contributed by atoms with E-state index in [0.29, 0.717) is 0 Å². The summed E-state index contributed by atoms with van der Waals surface area (Å²) in [6.07, 6.45) is -5.30. The van der Waals surface area contributed by atoms with Crippen molar-refractivity contribution in [3.63, 3.8) is 0 Å². The van der Waals surface area contributed by atoms with Crippen LogP contribution in [0.25, 0.3) is 5.65 Å². The average Bonchev–Trinajstić information content (AvgIpc) is 3.13. The number of imidazole rings is 1. The first-order chi connectivity index (χ1) is 15.6. The fourth-order valence-corrected chi connectivity index (χ4v) is 3.47. The molecule has 176 valence electrons. The Morgan fingerprint density at radius 3 is 2.91 bits per heavy atom. The quantitative estimate of drug-likeness (QED) is 0.491. The fourth-order valence-electron chi connectivity index (χ4n) is 3.47. The van der Waals surface area contributed by atoms with E-state index >= 15 is 0 Å². The van der Waals surface area contributed by atoms with Gasteiger partial charge in [-0.05, 0) is 25.8 Å². The number of halogens is 4. The van der Waals surface area contributed by atoms with E-state index in [-0.39, 0.29) is 35.3 Å². The van der Waals surface area contributed by atoms with Crippen LogP contribution >= 0.6 is 0 Å². The van der Waals surface area contributed by atoms with Crippen LogP contribution in [0.4, 0.5) is 34.1 Å². The number of ether oxygens (including phenoxy) is 2. The summed E-state index contributed by atoms with van der Waals surface area (Å²) in [6, 6.07) is 2.77. The van der Waals surface area contributed by atoms with Crippen LogP contribution in [0.15, 0.2) is 24.5 Å². The third-order valence-corrected chi connectivity index (χ3v) is 5.56. The van der Waals surface area contributed by atoms with Gasteiger partial charge in [0.25, 0.3) is 0 Å². The molecule has 1 amide bonds. The molecule has 3 aromatic rings. The zero-order chi connectivity index (χ0) is 23.4. The van der Waals surface area contributed by atoms with Crippen LogP contribution in [0.2, 0.25) is 0 Å². The molecule has 5 rings (SSSR count). The highest BCUT2D eigenvalue weighted by Gasteiger charge is 2.44. The molecule has 1 aliphatic carbocycles. The minimum absolute atomic E-state index is 0.0316. The van der Waals surface area contributed by atoms with Gasteiger partial charge in [0.2, 0.25) is 5.95 Å². The first-order valence-electron chi connectivity index (χ1n) is 10.1. The summed E-state index contributed by atoms with van der Waals surface area (Å²) in [7, 11) is 0. The topological polar surface area (TPSA) is 118 Å². The Kier molecular flexibility index (Phi) is 4.92. The number of H-pyrrole nitrogens is 1. The van der Waals surface area contributed by atoms with Crippen LogP contribution in [0.1, 0.15) is 37.3 Å². The Morgan fingerprint density at radius 2 is 2.18 bits per heavy atom. The predicted molar refractivity (Wildman–Crippen MR) is 104 cm³/mol. The third-order valence-electron chi connectivity index (χ3n) is 5.56. The Balaban J connectivity index is 1.27. The summed E-state index contributed by atoms with van der Waals surface area (Å²) in [6.45, 7) is 1.74. The molecule has 3 aromatic heterocycles. The van der Waals surface area contributed by atoms with Crippen molar-refractivity contribution in [3.05, 3.63) is 35.9 Å². The maximum absolute atomic E-state index is 14.9. The lowest BCUT2D eigenvalue weighted by molar-refractivity contribution is -0.140. The summed E-state index contributed by atoms with van der Waals surface area (Å²) >= 11 is 0. The lowest BCUT2D eigenvalue weighted by atomic mass is 10.1. The molecular weight excluding hydrogens is 450 g/mol. The molecule has 0 unspecified atom stereocenters. The summed E-state index contributed by atoms with van der Waals surface area (Å²) < 4.78 is 65.5. The first-order valence-corrected chi connectivity index (χ1v) is 10.1. The fraction of sp³-hybridized carbons (Fsp3) is 0.474. The highest BCUT2D eigenvalue weighted by molar-refractivity contribution is 5.69. The summed E-state index contributed by atoms with van der Waals surface area (Å²) in [4.78, 5) is 19.5. The molecule has 3 N–H and O–H groups in total. The van der Waals surface area contributed by atoms with E-state index in [4.69, 9.17) is 9.47 Å². The van der Waals surface area contributed by atoms with Crippen molar-refractivity contribution in [2.45, 2.75) is 49.9 Å². The molecule has 14 heteroatoms. The molecule has 10 nitrogen and oxygen atoms in total. The molecule has 3 atom stereocenters. The van der Waals surface area contributed by atoms with Gasteiger partial charge < -0.3 is 20.1 Å². The Hall–Kier alpha value is -3.42. The minimum atomic E-state index is -4.61. The number of hydrogen-bond donors (Lipinski definition) is 3. The van der Waals surface area contributed by atoms with Gasteiger partial charge in [-0.15, -0.1) is 0 Å². The van der Waals surface area contributed by atoms with Gasteiger partial charge in [-0.3, -0.25) is 9.50 Å². The van der Waals surface area contributed by atoms with Crippen molar-refractivity contribution in [2.24, 2.45) is 0 Å². The van der Waals surface area contributed by atoms with Gasteiger partial charge in [-0.25, -0.2) is 19.2 Å². The lowest BCUT2D eigenvalue weighted by Crippen LogP contribution is -2.39. The molecule has 1 saturated carbocycles. The van der Waals surface area contributed by atoms with Crippen molar-refractivity contribution in [1.29, 1.82) is 0 Å². The number of anilines is 2. The maximum atomic E-state index is 14.9. The average molecular weight is 469 g/mol. The number of aromatic nitrogens is 5. The van der Waals surface area contributed by atoms with Crippen LogP contribution < -0.4 is 10.6 Å². The van der Waals surface area contributed by atoms with Gasteiger partial charge >= 0.3 is 12.3 Å². The number of aromatic amines is 1. The van der Waals surface area contributed by atoms with E-state index < -0.39 is 36.3 Å². The molecule has 0 aromatic carbocycles. The predicted octanol–water partition coefficient (Wildman–Crippen LogP) is 3.27. The SMILES string of the molecule is CC1(NC(=O)O[C@@H]2CO[C@H](c3cc(Nc4nccc5nc(C(F)(F)F)cn45)n[nH]3)[C@@H]2F)CC1. The van der Waals surface area contributed by atoms with Crippen LogP contribution in [0, 0.1) is 0 Å². The number of nitrogens with zero attached hydrogens (tertiary/aromatic N) is 4. The molecule has 2 aliphatic rings. The Morgan fingerprint density at radius 1 is 1.39 bits per heavy atom. The highest BCUT2D eigenvalue weighted by atomic mass is 19.4. The van der Waals surface area contributed by atoms with Gasteiger partial charge in [-0.1, -0.05) is 0 Å². The summed E-state index contributed by atoms with van der Waals surface area (Å²) in [5.41, 5.74) is -1.05. The number of carbonyl (C=O) groups is 1. The molecule has 0 bridgehead atoms. The van der Waals surface area contributed by atoms with E-state index in [0.717, 1.165) is 23.4 Å². The molecule has 2 fully saturated rings. The minimum Gasteiger partial charge on any atom is -0.441 e. The van der Waals surface area contributed by atoms with Crippen LogP contribution in [-0.4, -0.2) is 55.1 Å². The molecule has 4 heterocycles. The monoisotopic (exact) mass is 469 g/mol. The van der Waals surface area contributed by atoms with Crippen LogP contribution in [0.3, 0.4) is 0 Å². The van der Waals surface area contributed by atoms with Gasteiger partial charge in [0.1, 0.15) is 11.8 Å². The van der Waals surface area contributed by atoms with Crippen LogP contribution in [0.5, 0.6) is 0 Å². The normalized spacial score (nSPS) is 24.1. The second kappa shape index (κ2) is 7.57. The molecule has 33 heavy (non-hydrogen) atoms. The molecule has 1 saturated heterocycles. The number of fused-ring (bicyclic) bond motifs is 1. The Labute approximate surface area is 183 Å². The second-order valence-electron chi connectivity index (χ2n) is 8.28. The number of alkyl carbamates (subject to hydrolysis) is 1. The van der Waals surface area contributed by atoms with E-state index in [1.54, 1.807) is 0 Å². The number of rotatable bonds is 5. The first kappa shape index (κ1) is 21.4. The van der Waals surface area contributed by atoms with Gasteiger partial charge in [0.05, 0.1) is 12.3 Å². The number of amides is 1. The van der Waals surface area contributed by atoms with Crippen LogP contribution in [-0.2, 0) is 15.7 Å². The van der Waals surface area contributed by atoms with Gasteiger partial charge in [0.15, 0.2) is 23.8 Å². The number of nitrogens with one attached hydrogen (secondary N) is 3. The molecule has 0 radical (unpaired) electrons. The van der Waals surface area contributed by atoms with Crippen molar-refractivity contribution >= 4 is 23.5 Å². The van der Waals surface area contributed by atoms with Crippen molar-refractivity contribution in [2.75, 3.05) is 11.9 Å². The van der Waals surface area contributed by atoms with Gasteiger partial charge in [0, 0.05) is 24.0 Å². The Bertz CT molecular complexity index is 1190. The van der Waals surface area contributed by atoms with E-state index in [9.17, 15) is 22.4 Å². The van der Waals surface area contributed by atoms with E-state index in [1.807, 2.05) is 6.92 Å². The number of alkyl halides is 4. The molecule has 0 spiro atoms. The van der Waals surface area contributed by atoms with E-state index in [2.05, 4.69) is 30.8 Å². The van der Waals surface area contributed by atoms with Crippen molar-refractivity contribution < 1.29 is 31.8 Å². The summed E-state index contributed by atoms with van der Waals surface area (Å²) in [5, 5.41) is 12.1. The van der Waals surface area contributed by atoms with Gasteiger partial charge in [-0.2, -0.15) is 18.3 Å². The van der Waals surface area contributed by atoms with Crippen molar-refractivity contribution in [3.8, 4) is 0 Å². The second-order valence-corrected chi connectivity index (χ2v) is 8.28. The lowest BCUT2D eigenvalue weighted by Gasteiger charge is -2.17.